The fraction of sp³-hybridized carbons (Fsp3) is 0.0625. The number of aromatic carboxylic acids is 1. The molecule has 1 aromatic carbocycles. The van der Waals surface area contributed by atoms with Gasteiger partial charge in [0, 0.05) is 30.6 Å². The van der Waals surface area contributed by atoms with Crippen molar-refractivity contribution >= 4 is 11.8 Å². The van der Waals surface area contributed by atoms with E-state index in [2.05, 4.69) is 10.1 Å². The standard InChI is InChI=1S/C16H13FN4O2/c1-21-7-5-13(20-21)11-4-6-19-15(18)14(11)9-2-3-10(16(22)23)12(17)8-9/h2-8H,1H3,(H2,18,19)(H,22,23). The monoisotopic (exact) mass is 312 g/mol. The lowest BCUT2D eigenvalue weighted by Crippen LogP contribution is -2.02. The molecule has 0 unspecified atom stereocenters. The second-order valence-electron chi connectivity index (χ2n) is 4.99. The number of pyridine rings is 1. The van der Waals surface area contributed by atoms with Crippen LogP contribution in [0.25, 0.3) is 22.4 Å². The van der Waals surface area contributed by atoms with Gasteiger partial charge in [-0.1, -0.05) is 6.07 Å². The minimum absolute atomic E-state index is 0.218. The summed E-state index contributed by atoms with van der Waals surface area (Å²) in [6.07, 6.45) is 3.33. The van der Waals surface area contributed by atoms with Gasteiger partial charge in [-0.05, 0) is 29.8 Å². The number of aromatic nitrogens is 3. The van der Waals surface area contributed by atoms with Crippen molar-refractivity contribution in [1.82, 2.24) is 14.8 Å². The summed E-state index contributed by atoms with van der Waals surface area (Å²) in [4.78, 5) is 15.0. The molecular weight excluding hydrogens is 299 g/mol. The number of hydrogen-bond acceptors (Lipinski definition) is 4. The number of hydrogen-bond donors (Lipinski definition) is 2. The molecule has 0 aliphatic heterocycles. The normalized spacial score (nSPS) is 10.7. The van der Waals surface area contributed by atoms with E-state index in [0.29, 0.717) is 22.4 Å². The summed E-state index contributed by atoms with van der Waals surface area (Å²) in [5, 5.41) is 13.2. The average molecular weight is 312 g/mol. The van der Waals surface area contributed by atoms with Crippen molar-refractivity contribution in [3.05, 3.63) is 54.1 Å². The molecule has 0 aliphatic carbocycles. The minimum Gasteiger partial charge on any atom is -0.478 e. The number of carboxylic acids is 1. The fourth-order valence-corrected chi connectivity index (χ4v) is 2.40. The van der Waals surface area contributed by atoms with Crippen LogP contribution in [0.2, 0.25) is 0 Å². The van der Waals surface area contributed by atoms with E-state index in [1.54, 1.807) is 36.3 Å². The summed E-state index contributed by atoms with van der Waals surface area (Å²) >= 11 is 0. The quantitative estimate of drug-likeness (QED) is 0.775. The van der Waals surface area contributed by atoms with E-state index in [0.717, 1.165) is 6.07 Å². The van der Waals surface area contributed by atoms with Crippen molar-refractivity contribution in [2.45, 2.75) is 0 Å². The third kappa shape index (κ3) is 2.64. The highest BCUT2D eigenvalue weighted by Crippen LogP contribution is 2.35. The van der Waals surface area contributed by atoms with Crippen molar-refractivity contribution in [3.8, 4) is 22.4 Å². The first kappa shape index (κ1) is 14.7. The molecule has 0 atom stereocenters. The Labute approximate surface area is 131 Å². The first-order valence-corrected chi connectivity index (χ1v) is 6.75. The van der Waals surface area contributed by atoms with Gasteiger partial charge in [0.05, 0.1) is 11.3 Å². The second kappa shape index (κ2) is 5.53. The number of nitrogen functional groups attached to an aromatic ring is 1. The van der Waals surface area contributed by atoms with Crippen LogP contribution in [0.5, 0.6) is 0 Å². The predicted octanol–water partition coefficient (Wildman–Crippen LogP) is 2.57. The molecule has 0 aliphatic rings. The lowest BCUT2D eigenvalue weighted by atomic mass is 9.97. The molecule has 6 nitrogen and oxygen atoms in total. The Morgan fingerprint density at radius 3 is 2.70 bits per heavy atom. The highest BCUT2D eigenvalue weighted by Gasteiger charge is 2.17. The van der Waals surface area contributed by atoms with Gasteiger partial charge >= 0.3 is 5.97 Å². The highest BCUT2D eigenvalue weighted by atomic mass is 19.1. The summed E-state index contributed by atoms with van der Waals surface area (Å²) in [6.45, 7) is 0. The van der Waals surface area contributed by atoms with Crippen molar-refractivity contribution < 1.29 is 14.3 Å². The van der Waals surface area contributed by atoms with Gasteiger partial charge in [-0.3, -0.25) is 4.68 Å². The first-order chi connectivity index (χ1) is 11.0. The Bertz CT molecular complexity index is 905. The predicted molar refractivity (Wildman–Crippen MR) is 83.2 cm³/mol. The van der Waals surface area contributed by atoms with Gasteiger partial charge < -0.3 is 10.8 Å². The number of halogens is 1. The Hall–Kier alpha value is -3.22. The van der Waals surface area contributed by atoms with E-state index >= 15 is 0 Å². The number of carbonyl (C=O) groups is 1. The summed E-state index contributed by atoms with van der Waals surface area (Å²) in [7, 11) is 1.79. The third-order valence-electron chi connectivity index (χ3n) is 3.46. The number of nitrogens with two attached hydrogens (primary N) is 1. The Kier molecular flexibility index (Phi) is 3.53. The fourth-order valence-electron chi connectivity index (χ4n) is 2.40. The van der Waals surface area contributed by atoms with E-state index in [4.69, 9.17) is 10.8 Å². The number of rotatable bonds is 3. The molecule has 23 heavy (non-hydrogen) atoms. The first-order valence-electron chi connectivity index (χ1n) is 6.75. The Balaban J connectivity index is 2.20. The SMILES string of the molecule is Cn1ccc(-c2ccnc(N)c2-c2ccc(C(=O)O)c(F)c2)n1. The van der Waals surface area contributed by atoms with Gasteiger partial charge in [0.25, 0.3) is 0 Å². The van der Waals surface area contributed by atoms with Crippen molar-refractivity contribution in [3.63, 3.8) is 0 Å². The maximum Gasteiger partial charge on any atom is 0.338 e. The number of anilines is 1. The van der Waals surface area contributed by atoms with Crippen molar-refractivity contribution in [2.75, 3.05) is 5.73 Å². The topological polar surface area (TPSA) is 94.0 Å². The molecule has 0 fully saturated rings. The van der Waals surface area contributed by atoms with Gasteiger partial charge in [-0.25, -0.2) is 14.2 Å². The van der Waals surface area contributed by atoms with Crippen LogP contribution in [-0.2, 0) is 7.05 Å². The molecule has 0 bridgehead atoms. The molecule has 116 valence electrons. The van der Waals surface area contributed by atoms with Crippen molar-refractivity contribution in [1.29, 1.82) is 0 Å². The van der Waals surface area contributed by atoms with Crippen LogP contribution in [-0.4, -0.2) is 25.8 Å². The zero-order valence-corrected chi connectivity index (χ0v) is 12.2. The largest absolute Gasteiger partial charge is 0.478 e. The smallest absolute Gasteiger partial charge is 0.338 e. The van der Waals surface area contributed by atoms with Gasteiger partial charge in [0.1, 0.15) is 11.6 Å². The third-order valence-corrected chi connectivity index (χ3v) is 3.46. The zero-order chi connectivity index (χ0) is 16.6. The van der Waals surface area contributed by atoms with Crippen molar-refractivity contribution in [2.24, 2.45) is 7.05 Å². The molecule has 2 aromatic heterocycles. The van der Waals surface area contributed by atoms with E-state index in [9.17, 15) is 9.18 Å². The Morgan fingerprint density at radius 2 is 2.09 bits per heavy atom. The van der Waals surface area contributed by atoms with E-state index < -0.39 is 17.3 Å². The molecule has 2 heterocycles. The van der Waals surface area contributed by atoms with Crippen LogP contribution in [0.4, 0.5) is 10.2 Å². The Morgan fingerprint density at radius 1 is 1.30 bits per heavy atom. The number of benzene rings is 1. The van der Waals surface area contributed by atoms with Gasteiger partial charge in [0.2, 0.25) is 0 Å². The maximum absolute atomic E-state index is 14.0. The van der Waals surface area contributed by atoms with E-state index in [1.165, 1.54) is 12.1 Å². The van der Waals surface area contributed by atoms with Gasteiger partial charge in [0.15, 0.2) is 0 Å². The van der Waals surface area contributed by atoms with Gasteiger partial charge in [-0.15, -0.1) is 0 Å². The summed E-state index contributed by atoms with van der Waals surface area (Å²) in [6, 6.07) is 7.40. The van der Waals surface area contributed by atoms with Crippen LogP contribution in [0.1, 0.15) is 10.4 Å². The lowest BCUT2D eigenvalue weighted by molar-refractivity contribution is 0.0692. The molecule has 3 rings (SSSR count). The van der Waals surface area contributed by atoms with Crippen LogP contribution in [0.3, 0.4) is 0 Å². The summed E-state index contributed by atoms with van der Waals surface area (Å²) in [5.41, 5.74) is 7.89. The van der Waals surface area contributed by atoms with Crippen LogP contribution in [0.15, 0.2) is 42.7 Å². The zero-order valence-electron chi connectivity index (χ0n) is 12.2. The molecule has 0 saturated carbocycles. The maximum atomic E-state index is 14.0. The number of carboxylic acid groups (broad SMARTS) is 1. The number of nitrogens with zero attached hydrogens (tertiary/aromatic N) is 3. The van der Waals surface area contributed by atoms with E-state index in [1.807, 2.05) is 0 Å². The average Bonchev–Trinajstić information content (AvgIpc) is 2.93. The van der Waals surface area contributed by atoms with Crippen LogP contribution in [0, 0.1) is 5.82 Å². The van der Waals surface area contributed by atoms with Crippen LogP contribution >= 0.6 is 0 Å². The van der Waals surface area contributed by atoms with Gasteiger partial charge in [-0.2, -0.15) is 5.10 Å². The molecule has 0 saturated heterocycles. The summed E-state index contributed by atoms with van der Waals surface area (Å²) < 4.78 is 15.6. The highest BCUT2D eigenvalue weighted by molar-refractivity contribution is 5.91. The molecule has 3 aromatic rings. The molecule has 0 amide bonds. The molecule has 3 N–H and O–H groups in total. The van der Waals surface area contributed by atoms with Crippen LogP contribution < -0.4 is 5.73 Å². The molecule has 7 heteroatoms. The molecule has 0 radical (unpaired) electrons. The molecular formula is C16H13FN4O2. The molecule has 0 spiro atoms. The number of aryl methyl sites for hydroxylation is 1. The minimum atomic E-state index is -1.32. The summed E-state index contributed by atoms with van der Waals surface area (Å²) in [5.74, 6) is -1.93. The van der Waals surface area contributed by atoms with E-state index in [-0.39, 0.29) is 5.82 Å². The second-order valence-corrected chi connectivity index (χ2v) is 4.99. The lowest BCUT2D eigenvalue weighted by Gasteiger charge is -2.11.